The molecule has 4 nitrogen and oxygen atoms in total. The van der Waals surface area contributed by atoms with Crippen molar-refractivity contribution in [2.75, 3.05) is 13.1 Å². The van der Waals surface area contributed by atoms with Crippen LogP contribution in [0.25, 0.3) is 0 Å². The predicted octanol–water partition coefficient (Wildman–Crippen LogP) is 2.58. The van der Waals surface area contributed by atoms with Crippen LogP contribution >= 0.6 is 11.6 Å². The largest absolute Gasteiger partial charge is 0.481 e. The molecule has 1 atom stereocenters. The van der Waals surface area contributed by atoms with Crippen molar-refractivity contribution < 1.29 is 9.53 Å². The van der Waals surface area contributed by atoms with Gasteiger partial charge in [-0.05, 0) is 44.4 Å². The smallest absolute Gasteiger partial charge is 0.263 e. The number of carbonyl (C=O) groups is 1. The Labute approximate surface area is 124 Å². The summed E-state index contributed by atoms with van der Waals surface area (Å²) < 4.78 is 5.78. The molecule has 110 valence electrons. The number of hydrogen-bond donors (Lipinski definition) is 1. The summed E-state index contributed by atoms with van der Waals surface area (Å²) in [6.45, 7) is 3.78. The van der Waals surface area contributed by atoms with E-state index in [2.05, 4.69) is 0 Å². The molecule has 1 saturated heterocycles. The highest BCUT2D eigenvalue weighted by Crippen LogP contribution is 2.24. The van der Waals surface area contributed by atoms with Crippen LogP contribution in [-0.2, 0) is 11.3 Å². The molecule has 1 heterocycles. The second kappa shape index (κ2) is 6.95. The van der Waals surface area contributed by atoms with E-state index in [0.29, 0.717) is 17.3 Å². The van der Waals surface area contributed by atoms with Gasteiger partial charge in [0.1, 0.15) is 5.75 Å². The molecule has 1 fully saturated rings. The first-order valence-electron chi connectivity index (χ1n) is 7.05. The summed E-state index contributed by atoms with van der Waals surface area (Å²) in [5.41, 5.74) is 6.50. The van der Waals surface area contributed by atoms with Crippen molar-refractivity contribution >= 4 is 17.5 Å². The van der Waals surface area contributed by atoms with Crippen molar-refractivity contribution in [1.29, 1.82) is 0 Å². The van der Waals surface area contributed by atoms with Gasteiger partial charge in [-0.25, -0.2) is 0 Å². The number of nitrogens with zero attached hydrogens (tertiary/aromatic N) is 1. The molecule has 1 unspecified atom stereocenters. The van der Waals surface area contributed by atoms with Crippen LogP contribution < -0.4 is 10.5 Å². The zero-order valence-electron chi connectivity index (χ0n) is 11.8. The average Bonchev–Trinajstić information content (AvgIpc) is 2.49. The van der Waals surface area contributed by atoms with Crippen LogP contribution in [0.1, 0.15) is 31.7 Å². The van der Waals surface area contributed by atoms with Gasteiger partial charge in [0.15, 0.2) is 6.10 Å². The molecule has 2 rings (SSSR count). The number of nitrogens with two attached hydrogens (primary N) is 1. The molecule has 1 aliphatic rings. The highest BCUT2D eigenvalue weighted by Gasteiger charge is 2.23. The molecule has 0 radical (unpaired) electrons. The number of ether oxygens (including phenoxy) is 1. The van der Waals surface area contributed by atoms with E-state index in [4.69, 9.17) is 22.1 Å². The standard InChI is InChI=1S/C15H21ClN2O2/c1-11(15(19)18-7-3-2-4-8-18)20-14-6-5-13(16)9-12(14)10-17/h5-6,9,11H,2-4,7-8,10,17H2,1H3. The first-order chi connectivity index (χ1) is 9.61. The molecule has 0 aliphatic carbocycles. The minimum absolute atomic E-state index is 0.0441. The third-order valence-corrected chi connectivity index (χ3v) is 3.80. The van der Waals surface area contributed by atoms with Crippen molar-refractivity contribution in [1.82, 2.24) is 4.90 Å². The van der Waals surface area contributed by atoms with E-state index in [9.17, 15) is 4.79 Å². The molecular formula is C15H21ClN2O2. The van der Waals surface area contributed by atoms with Crippen molar-refractivity contribution in [3.05, 3.63) is 28.8 Å². The lowest BCUT2D eigenvalue weighted by molar-refractivity contribution is -0.138. The molecule has 0 spiro atoms. The van der Waals surface area contributed by atoms with E-state index in [1.807, 2.05) is 4.90 Å². The Kier molecular flexibility index (Phi) is 5.26. The van der Waals surface area contributed by atoms with Crippen LogP contribution in [0, 0.1) is 0 Å². The number of halogens is 1. The molecule has 1 amide bonds. The van der Waals surface area contributed by atoms with Gasteiger partial charge in [-0.2, -0.15) is 0 Å². The van der Waals surface area contributed by atoms with E-state index in [-0.39, 0.29) is 5.91 Å². The molecule has 1 aromatic rings. The highest BCUT2D eigenvalue weighted by atomic mass is 35.5. The Morgan fingerprint density at radius 1 is 1.40 bits per heavy atom. The van der Waals surface area contributed by atoms with Gasteiger partial charge in [-0.3, -0.25) is 4.79 Å². The second-order valence-corrected chi connectivity index (χ2v) is 5.54. The van der Waals surface area contributed by atoms with Crippen LogP contribution in [0.4, 0.5) is 0 Å². The Morgan fingerprint density at radius 3 is 2.75 bits per heavy atom. The number of rotatable bonds is 4. The lowest BCUT2D eigenvalue weighted by Gasteiger charge is -2.29. The fourth-order valence-corrected chi connectivity index (χ4v) is 2.63. The zero-order chi connectivity index (χ0) is 14.5. The number of piperidine rings is 1. The van der Waals surface area contributed by atoms with Crippen molar-refractivity contribution in [3.63, 3.8) is 0 Å². The first-order valence-corrected chi connectivity index (χ1v) is 7.43. The van der Waals surface area contributed by atoms with Crippen LogP contribution in [0.5, 0.6) is 5.75 Å². The summed E-state index contributed by atoms with van der Waals surface area (Å²) >= 11 is 5.93. The van der Waals surface area contributed by atoms with Crippen LogP contribution in [-0.4, -0.2) is 30.0 Å². The van der Waals surface area contributed by atoms with Crippen LogP contribution in [0.2, 0.25) is 5.02 Å². The maximum absolute atomic E-state index is 12.3. The van der Waals surface area contributed by atoms with Crippen LogP contribution in [0.3, 0.4) is 0 Å². The summed E-state index contributed by atoms with van der Waals surface area (Å²) in [6.07, 6.45) is 2.86. The SMILES string of the molecule is CC(Oc1ccc(Cl)cc1CN)C(=O)N1CCCCC1. The molecular weight excluding hydrogens is 276 g/mol. The van der Waals surface area contributed by atoms with E-state index >= 15 is 0 Å². The molecule has 2 N–H and O–H groups in total. The maximum Gasteiger partial charge on any atom is 0.263 e. The first kappa shape index (κ1) is 15.1. The number of amides is 1. The van der Waals surface area contributed by atoms with Gasteiger partial charge in [0.25, 0.3) is 5.91 Å². The quantitative estimate of drug-likeness (QED) is 0.929. The topological polar surface area (TPSA) is 55.6 Å². The van der Waals surface area contributed by atoms with Gasteiger partial charge in [0.05, 0.1) is 0 Å². The van der Waals surface area contributed by atoms with E-state index in [1.54, 1.807) is 25.1 Å². The van der Waals surface area contributed by atoms with E-state index < -0.39 is 6.10 Å². The number of hydrogen-bond acceptors (Lipinski definition) is 3. The molecule has 0 aromatic heterocycles. The highest BCUT2D eigenvalue weighted by molar-refractivity contribution is 6.30. The Bertz CT molecular complexity index is 473. The van der Waals surface area contributed by atoms with Crippen LogP contribution in [0.15, 0.2) is 18.2 Å². The molecule has 20 heavy (non-hydrogen) atoms. The predicted molar refractivity (Wildman–Crippen MR) is 79.9 cm³/mol. The summed E-state index contributed by atoms with van der Waals surface area (Å²) in [7, 11) is 0. The minimum atomic E-state index is -0.500. The van der Waals surface area contributed by atoms with Crippen molar-refractivity contribution in [2.24, 2.45) is 5.73 Å². The van der Waals surface area contributed by atoms with Crippen molar-refractivity contribution in [3.8, 4) is 5.75 Å². The maximum atomic E-state index is 12.3. The van der Waals surface area contributed by atoms with Gasteiger partial charge in [0, 0.05) is 30.2 Å². The summed E-state index contributed by atoms with van der Waals surface area (Å²) in [5, 5.41) is 0.618. The fourth-order valence-electron chi connectivity index (χ4n) is 2.43. The summed E-state index contributed by atoms with van der Waals surface area (Å²) in [4.78, 5) is 14.2. The second-order valence-electron chi connectivity index (χ2n) is 5.10. The van der Waals surface area contributed by atoms with E-state index in [1.165, 1.54) is 6.42 Å². The molecule has 0 saturated carbocycles. The normalized spacial score (nSPS) is 16.9. The molecule has 1 aliphatic heterocycles. The van der Waals surface area contributed by atoms with Gasteiger partial charge >= 0.3 is 0 Å². The average molecular weight is 297 g/mol. The van der Waals surface area contributed by atoms with Gasteiger partial charge < -0.3 is 15.4 Å². The Morgan fingerprint density at radius 2 is 2.10 bits per heavy atom. The third-order valence-electron chi connectivity index (χ3n) is 3.56. The number of carbonyl (C=O) groups excluding carboxylic acids is 1. The lowest BCUT2D eigenvalue weighted by atomic mass is 10.1. The van der Waals surface area contributed by atoms with Gasteiger partial charge in [-0.15, -0.1) is 0 Å². The molecule has 1 aromatic carbocycles. The van der Waals surface area contributed by atoms with Crippen molar-refractivity contribution in [2.45, 2.75) is 38.8 Å². The molecule has 0 bridgehead atoms. The molecule has 5 heteroatoms. The Balaban J connectivity index is 2.03. The van der Waals surface area contributed by atoms with Gasteiger partial charge in [0.2, 0.25) is 0 Å². The third kappa shape index (κ3) is 3.64. The van der Waals surface area contributed by atoms with Gasteiger partial charge in [-0.1, -0.05) is 11.6 Å². The Hall–Kier alpha value is -1.26. The number of likely N-dealkylation sites (tertiary alicyclic amines) is 1. The monoisotopic (exact) mass is 296 g/mol. The van der Waals surface area contributed by atoms with E-state index in [0.717, 1.165) is 31.5 Å². The zero-order valence-corrected chi connectivity index (χ0v) is 12.5. The lowest BCUT2D eigenvalue weighted by Crippen LogP contribution is -2.43. The summed E-state index contributed by atoms with van der Waals surface area (Å²) in [5.74, 6) is 0.678. The minimum Gasteiger partial charge on any atom is -0.481 e. The number of benzene rings is 1. The fraction of sp³-hybridized carbons (Fsp3) is 0.533. The summed E-state index contributed by atoms with van der Waals surface area (Å²) in [6, 6.07) is 5.29.